The smallest absolute Gasteiger partial charge is 0.289 e. The maximum absolute atomic E-state index is 13.4. The topological polar surface area (TPSA) is 114 Å². The Hall–Kier alpha value is -4.03. The fourth-order valence-corrected chi connectivity index (χ4v) is 4.79. The van der Waals surface area contributed by atoms with Gasteiger partial charge in [0.2, 0.25) is 10.0 Å². The molecule has 4 rings (SSSR count). The molecular formula is C23H16F6N6O2S. The number of fused-ring (bicyclic) bond motifs is 1. The lowest BCUT2D eigenvalue weighted by Gasteiger charge is -2.17. The summed E-state index contributed by atoms with van der Waals surface area (Å²) in [5.41, 5.74) is -0.181. The summed E-state index contributed by atoms with van der Waals surface area (Å²) in [5, 5.41) is 9.91. The average molecular weight is 554 g/mol. The van der Waals surface area contributed by atoms with Crippen molar-refractivity contribution in [3.8, 4) is 23.3 Å². The lowest BCUT2D eigenvalue weighted by atomic mass is 10.1. The molecule has 0 saturated carbocycles. The van der Waals surface area contributed by atoms with E-state index in [1.54, 1.807) is 13.0 Å². The van der Waals surface area contributed by atoms with Gasteiger partial charge in [-0.25, -0.2) is 13.4 Å². The van der Waals surface area contributed by atoms with Crippen LogP contribution in [0.5, 0.6) is 0 Å². The van der Waals surface area contributed by atoms with Gasteiger partial charge in [0.1, 0.15) is 33.9 Å². The van der Waals surface area contributed by atoms with Gasteiger partial charge in [0.25, 0.3) is 0 Å². The number of hydrogen-bond donors (Lipinski definition) is 1. The fourth-order valence-electron chi connectivity index (χ4n) is 3.61. The van der Waals surface area contributed by atoms with Crippen LogP contribution in [0.1, 0.15) is 23.6 Å². The highest BCUT2D eigenvalue weighted by molar-refractivity contribution is 7.89. The Morgan fingerprint density at radius 3 is 2.32 bits per heavy atom. The number of hydrogen-bond acceptors (Lipinski definition) is 6. The van der Waals surface area contributed by atoms with Crippen molar-refractivity contribution < 1.29 is 34.8 Å². The molecule has 8 nitrogen and oxygen atoms in total. The van der Waals surface area contributed by atoms with Crippen LogP contribution >= 0.6 is 0 Å². The summed E-state index contributed by atoms with van der Waals surface area (Å²) in [6.45, 7) is 2.32. The van der Waals surface area contributed by atoms with Crippen LogP contribution < -0.4 is 4.72 Å². The quantitative estimate of drug-likeness (QED) is 0.351. The molecule has 0 saturated heterocycles. The summed E-state index contributed by atoms with van der Waals surface area (Å²) in [4.78, 5) is 11.7. The maximum Gasteiger partial charge on any atom is 0.416 e. The average Bonchev–Trinajstić information content (AvgIpc) is 3.16. The van der Waals surface area contributed by atoms with Crippen molar-refractivity contribution in [2.24, 2.45) is 0 Å². The Morgan fingerprint density at radius 1 is 1.03 bits per heavy atom. The minimum Gasteiger partial charge on any atom is -0.289 e. The Bertz CT molecular complexity index is 1670. The molecule has 1 unspecified atom stereocenters. The summed E-state index contributed by atoms with van der Waals surface area (Å²) in [7, 11) is -4.63. The van der Waals surface area contributed by atoms with E-state index in [0.29, 0.717) is 12.5 Å². The molecule has 0 spiro atoms. The molecular weight excluding hydrogens is 538 g/mol. The van der Waals surface area contributed by atoms with Gasteiger partial charge in [-0.1, -0.05) is 0 Å². The summed E-state index contributed by atoms with van der Waals surface area (Å²) < 4.78 is 106. The zero-order valence-corrected chi connectivity index (χ0v) is 20.2. The number of pyridine rings is 3. The third kappa shape index (κ3) is 5.04. The lowest BCUT2D eigenvalue weighted by molar-refractivity contribution is -0.147. The molecule has 0 aliphatic heterocycles. The SMILES string of the molecule is Cc1cnc2c(C#N)c(-c3ccc(S(=O)(=O)NC(C)C(F)(F)F)cn3)n(-c3cc(C(F)(F)F)ccn3)c2c1. The number of rotatable bonds is 5. The summed E-state index contributed by atoms with van der Waals surface area (Å²) >= 11 is 0. The number of nitrogens with zero attached hydrogens (tertiary/aromatic N) is 5. The fraction of sp³-hybridized carbons (Fsp3) is 0.217. The molecule has 4 heterocycles. The van der Waals surface area contributed by atoms with Crippen molar-refractivity contribution in [2.75, 3.05) is 0 Å². The largest absolute Gasteiger partial charge is 0.416 e. The number of halogens is 6. The van der Waals surface area contributed by atoms with Crippen LogP contribution in [0, 0.1) is 18.3 Å². The van der Waals surface area contributed by atoms with E-state index in [9.17, 15) is 40.0 Å². The van der Waals surface area contributed by atoms with Crippen molar-refractivity contribution in [1.29, 1.82) is 5.26 Å². The number of nitriles is 1. The highest BCUT2D eigenvalue weighted by Gasteiger charge is 2.39. The first-order valence-corrected chi connectivity index (χ1v) is 12.1. The van der Waals surface area contributed by atoms with E-state index >= 15 is 0 Å². The van der Waals surface area contributed by atoms with E-state index in [0.717, 1.165) is 36.7 Å². The van der Waals surface area contributed by atoms with Crippen LogP contribution in [-0.4, -0.2) is 40.2 Å². The van der Waals surface area contributed by atoms with Crippen LogP contribution in [0.25, 0.3) is 28.2 Å². The van der Waals surface area contributed by atoms with E-state index in [1.807, 2.05) is 6.07 Å². The third-order valence-electron chi connectivity index (χ3n) is 5.47. The van der Waals surface area contributed by atoms with E-state index in [4.69, 9.17) is 0 Å². The van der Waals surface area contributed by atoms with Crippen LogP contribution in [0.4, 0.5) is 26.3 Å². The number of aromatic nitrogens is 4. The number of nitrogens with one attached hydrogen (secondary N) is 1. The molecule has 198 valence electrons. The molecule has 4 aromatic rings. The van der Waals surface area contributed by atoms with Gasteiger partial charge in [-0.3, -0.25) is 14.5 Å². The summed E-state index contributed by atoms with van der Waals surface area (Å²) in [5.74, 6) is -0.215. The Labute approximate surface area is 211 Å². The van der Waals surface area contributed by atoms with Gasteiger partial charge in [-0.15, -0.1) is 0 Å². The minimum absolute atomic E-state index is 0.0343. The second-order valence-corrected chi connectivity index (χ2v) is 9.93. The van der Waals surface area contributed by atoms with Crippen LogP contribution in [0.15, 0.2) is 53.8 Å². The van der Waals surface area contributed by atoms with Gasteiger partial charge in [0.15, 0.2) is 0 Å². The van der Waals surface area contributed by atoms with E-state index in [-0.39, 0.29) is 33.8 Å². The van der Waals surface area contributed by atoms with Gasteiger partial charge in [0.05, 0.1) is 22.5 Å². The van der Waals surface area contributed by atoms with Gasteiger partial charge < -0.3 is 0 Å². The van der Waals surface area contributed by atoms with Gasteiger partial charge in [-0.05, 0) is 49.7 Å². The maximum atomic E-state index is 13.4. The highest BCUT2D eigenvalue weighted by Crippen LogP contribution is 2.36. The summed E-state index contributed by atoms with van der Waals surface area (Å²) in [6.07, 6.45) is -6.34. The standard InChI is InChI=1S/C23H16F6N6O2S/c1-12-7-18-20(33-10-12)16(9-30)21(35(18)19-8-14(5-6-31-19)23(27,28)29)17-4-3-15(11-32-17)38(36,37)34-13(2)22(24,25)26/h3-8,10-11,13,34H,1-2H3. The zero-order valence-electron chi connectivity index (χ0n) is 19.4. The van der Waals surface area contributed by atoms with Crippen molar-refractivity contribution in [3.63, 3.8) is 0 Å². The van der Waals surface area contributed by atoms with Crippen molar-refractivity contribution in [1.82, 2.24) is 24.2 Å². The van der Waals surface area contributed by atoms with Crippen LogP contribution in [0.2, 0.25) is 0 Å². The van der Waals surface area contributed by atoms with Crippen LogP contribution in [-0.2, 0) is 16.2 Å². The second-order valence-electron chi connectivity index (χ2n) is 8.22. The Morgan fingerprint density at radius 2 is 1.74 bits per heavy atom. The molecule has 0 radical (unpaired) electrons. The second kappa shape index (κ2) is 9.37. The Balaban J connectivity index is 1.92. The molecule has 4 aromatic heterocycles. The first-order valence-electron chi connectivity index (χ1n) is 10.6. The summed E-state index contributed by atoms with van der Waals surface area (Å²) in [6, 6.07) is 4.79. The van der Waals surface area contributed by atoms with E-state index in [2.05, 4.69) is 15.0 Å². The molecule has 1 atom stereocenters. The van der Waals surface area contributed by atoms with E-state index in [1.165, 1.54) is 15.5 Å². The monoisotopic (exact) mass is 554 g/mol. The molecule has 0 aliphatic carbocycles. The van der Waals surface area contributed by atoms with Gasteiger partial charge in [0, 0.05) is 18.6 Å². The molecule has 1 N–H and O–H groups in total. The number of aryl methyl sites for hydroxylation is 1. The molecule has 0 amide bonds. The van der Waals surface area contributed by atoms with Crippen LogP contribution in [0.3, 0.4) is 0 Å². The molecule has 0 fully saturated rings. The number of sulfonamides is 1. The number of alkyl halides is 6. The lowest BCUT2D eigenvalue weighted by Crippen LogP contribution is -2.42. The molecule has 15 heteroatoms. The van der Waals surface area contributed by atoms with E-state index < -0.39 is 38.9 Å². The molecule has 0 aliphatic rings. The normalized spacial score (nSPS) is 13.4. The third-order valence-corrected chi connectivity index (χ3v) is 6.99. The van der Waals surface area contributed by atoms with Gasteiger partial charge >= 0.3 is 12.4 Å². The predicted octanol–water partition coefficient (Wildman–Crippen LogP) is 4.91. The molecule has 0 bridgehead atoms. The molecule has 0 aromatic carbocycles. The minimum atomic E-state index is -4.83. The molecule has 38 heavy (non-hydrogen) atoms. The van der Waals surface area contributed by atoms with Gasteiger partial charge in [-0.2, -0.15) is 36.3 Å². The first-order chi connectivity index (χ1) is 17.6. The zero-order chi connectivity index (χ0) is 28.0. The van der Waals surface area contributed by atoms with Crippen molar-refractivity contribution in [3.05, 3.63) is 65.6 Å². The van der Waals surface area contributed by atoms with Crippen molar-refractivity contribution in [2.45, 2.75) is 37.1 Å². The Kier molecular flexibility index (Phi) is 6.66. The first kappa shape index (κ1) is 27.0. The predicted molar refractivity (Wildman–Crippen MR) is 122 cm³/mol. The van der Waals surface area contributed by atoms with Crippen molar-refractivity contribution >= 4 is 21.1 Å². The highest BCUT2D eigenvalue weighted by atomic mass is 32.2.